The molecule has 1 heterocycles. The van der Waals surface area contributed by atoms with Crippen molar-refractivity contribution in [3.63, 3.8) is 0 Å². The summed E-state index contributed by atoms with van der Waals surface area (Å²) in [6.45, 7) is 4.99. The van der Waals surface area contributed by atoms with E-state index in [-0.39, 0.29) is 11.6 Å². The monoisotopic (exact) mass is 415 g/mol. The lowest BCUT2D eigenvalue weighted by molar-refractivity contribution is -0.139. The number of nitrogens with one attached hydrogen (secondary N) is 1. The first-order chi connectivity index (χ1) is 13.7. The molecule has 0 unspecified atom stereocenters. The zero-order valence-electron chi connectivity index (χ0n) is 16.8. The van der Waals surface area contributed by atoms with Crippen LogP contribution >= 0.6 is 0 Å². The smallest absolute Gasteiger partial charge is 0.367 e. The average molecular weight is 415 g/mol. The lowest BCUT2D eigenvalue weighted by atomic mass is 9.84. The molecule has 162 valence electrons. The maximum absolute atomic E-state index is 14.4. The van der Waals surface area contributed by atoms with Gasteiger partial charge >= 0.3 is 6.18 Å². The molecule has 2 aliphatic rings. The van der Waals surface area contributed by atoms with Gasteiger partial charge in [0.05, 0.1) is 11.3 Å². The number of hydrogen-bond acceptors (Lipinski definition) is 3. The van der Waals surface area contributed by atoms with E-state index in [1.54, 1.807) is 11.8 Å². The van der Waals surface area contributed by atoms with Crippen LogP contribution in [0.4, 0.5) is 23.2 Å². The Balaban J connectivity index is 1.44. The minimum Gasteiger partial charge on any atom is -0.367 e. The number of anilines is 1. The fraction of sp³-hybridized carbons (Fsp3) is 0.667. The molecule has 1 aromatic rings. The number of piperazine rings is 1. The van der Waals surface area contributed by atoms with Crippen LogP contribution in [0.1, 0.15) is 44.6 Å². The van der Waals surface area contributed by atoms with Gasteiger partial charge in [-0.15, -0.1) is 0 Å². The van der Waals surface area contributed by atoms with Crippen LogP contribution in [0.25, 0.3) is 0 Å². The van der Waals surface area contributed by atoms with Crippen molar-refractivity contribution < 1.29 is 22.4 Å². The number of amides is 1. The standard InChI is InChI=1S/C21H29F4N3O/c1-15(29)26-17-7-5-16(6-8-17)9-10-27-11-13-28(14-12-27)19-4-2-3-18(20(19)22)21(23,24)25/h2-4,16-17H,5-14H2,1H3,(H,26,29). The molecule has 1 saturated carbocycles. The highest BCUT2D eigenvalue weighted by molar-refractivity contribution is 5.73. The predicted octanol–water partition coefficient (Wildman–Crippen LogP) is 4.05. The summed E-state index contributed by atoms with van der Waals surface area (Å²) in [5.41, 5.74) is -1.16. The number of carbonyl (C=O) groups is 1. The number of halogens is 4. The largest absolute Gasteiger partial charge is 0.419 e. The second-order valence-electron chi connectivity index (χ2n) is 8.17. The zero-order chi connectivity index (χ0) is 21.0. The Morgan fingerprint density at radius 1 is 1.10 bits per heavy atom. The maximum Gasteiger partial charge on any atom is 0.419 e. The summed E-state index contributed by atoms with van der Waals surface area (Å²) in [4.78, 5) is 15.2. The summed E-state index contributed by atoms with van der Waals surface area (Å²) in [6.07, 6.45) is 0.673. The highest BCUT2D eigenvalue weighted by Crippen LogP contribution is 2.35. The Hall–Kier alpha value is -1.83. The van der Waals surface area contributed by atoms with Crippen molar-refractivity contribution >= 4 is 11.6 Å². The molecular formula is C21H29F4N3O. The minimum absolute atomic E-state index is 0.0310. The number of rotatable bonds is 5. The van der Waals surface area contributed by atoms with Crippen LogP contribution in [-0.2, 0) is 11.0 Å². The SMILES string of the molecule is CC(=O)NC1CCC(CCN2CCN(c3cccc(C(F)(F)F)c3F)CC2)CC1. The van der Waals surface area contributed by atoms with Crippen LogP contribution in [0.5, 0.6) is 0 Å². The Bertz CT molecular complexity index is 694. The molecule has 1 aromatic carbocycles. The number of carbonyl (C=O) groups excluding carboxylic acids is 1. The highest BCUT2D eigenvalue weighted by atomic mass is 19.4. The van der Waals surface area contributed by atoms with Crippen LogP contribution in [0.3, 0.4) is 0 Å². The van der Waals surface area contributed by atoms with E-state index in [2.05, 4.69) is 10.2 Å². The van der Waals surface area contributed by atoms with E-state index in [4.69, 9.17) is 0 Å². The number of benzene rings is 1. The molecule has 8 heteroatoms. The first kappa shape index (κ1) is 21.9. The van der Waals surface area contributed by atoms with Crippen LogP contribution in [0.2, 0.25) is 0 Å². The van der Waals surface area contributed by atoms with Gasteiger partial charge in [0.2, 0.25) is 5.91 Å². The molecule has 4 nitrogen and oxygen atoms in total. The van der Waals surface area contributed by atoms with Gasteiger partial charge < -0.3 is 10.2 Å². The van der Waals surface area contributed by atoms with Gasteiger partial charge in [0.1, 0.15) is 0 Å². The second kappa shape index (κ2) is 9.32. The Kier molecular flexibility index (Phi) is 7.03. The van der Waals surface area contributed by atoms with Crippen molar-refractivity contribution in [1.82, 2.24) is 10.2 Å². The van der Waals surface area contributed by atoms with Gasteiger partial charge in [-0.2, -0.15) is 13.2 Å². The molecule has 29 heavy (non-hydrogen) atoms. The number of hydrogen-bond donors (Lipinski definition) is 1. The average Bonchev–Trinajstić information content (AvgIpc) is 2.67. The molecule has 2 fully saturated rings. The summed E-state index contributed by atoms with van der Waals surface area (Å²) in [7, 11) is 0. The normalized spacial score (nSPS) is 23.8. The molecule has 1 N–H and O–H groups in total. The van der Waals surface area contributed by atoms with Crippen LogP contribution in [-0.4, -0.2) is 49.6 Å². The van der Waals surface area contributed by atoms with E-state index in [0.29, 0.717) is 25.0 Å². The van der Waals surface area contributed by atoms with E-state index in [1.165, 1.54) is 12.1 Å². The van der Waals surface area contributed by atoms with Gasteiger partial charge in [-0.1, -0.05) is 6.07 Å². The summed E-state index contributed by atoms with van der Waals surface area (Å²) in [6, 6.07) is 3.78. The van der Waals surface area contributed by atoms with Gasteiger partial charge in [0.15, 0.2) is 5.82 Å². The molecule has 1 aliphatic carbocycles. The quantitative estimate of drug-likeness (QED) is 0.737. The van der Waals surface area contributed by atoms with Crippen molar-refractivity contribution in [2.45, 2.75) is 51.2 Å². The minimum atomic E-state index is -4.68. The van der Waals surface area contributed by atoms with E-state index < -0.39 is 17.6 Å². The molecule has 0 radical (unpaired) electrons. The van der Waals surface area contributed by atoms with Gasteiger partial charge in [-0.3, -0.25) is 9.69 Å². The van der Waals surface area contributed by atoms with Crippen LogP contribution < -0.4 is 10.2 Å². The molecule has 1 saturated heterocycles. The van der Waals surface area contributed by atoms with E-state index in [0.717, 1.165) is 57.8 Å². The zero-order valence-corrected chi connectivity index (χ0v) is 16.8. The van der Waals surface area contributed by atoms with Crippen molar-refractivity contribution in [2.75, 3.05) is 37.6 Å². The lowest BCUT2D eigenvalue weighted by Crippen LogP contribution is -2.47. The van der Waals surface area contributed by atoms with E-state index >= 15 is 0 Å². The summed E-state index contributed by atoms with van der Waals surface area (Å²) >= 11 is 0. The summed E-state index contributed by atoms with van der Waals surface area (Å²) in [5.74, 6) is -0.494. The number of alkyl halides is 3. The maximum atomic E-state index is 14.4. The topological polar surface area (TPSA) is 35.6 Å². The fourth-order valence-corrected chi connectivity index (χ4v) is 4.44. The summed E-state index contributed by atoms with van der Waals surface area (Å²) < 4.78 is 53.2. The lowest BCUT2D eigenvalue weighted by Gasteiger charge is -2.37. The number of nitrogens with zero attached hydrogens (tertiary/aromatic N) is 2. The Morgan fingerprint density at radius 2 is 1.76 bits per heavy atom. The van der Waals surface area contributed by atoms with Gasteiger partial charge in [0.25, 0.3) is 0 Å². The van der Waals surface area contributed by atoms with Gasteiger partial charge in [-0.05, 0) is 56.7 Å². The van der Waals surface area contributed by atoms with Crippen molar-refractivity contribution in [3.05, 3.63) is 29.6 Å². The molecule has 0 spiro atoms. The third-order valence-corrected chi connectivity index (χ3v) is 6.10. The molecule has 0 bridgehead atoms. The van der Waals surface area contributed by atoms with Crippen LogP contribution in [0, 0.1) is 11.7 Å². The Labute approximate surface area is 169 Å². The third-order valence-electron chi connectivity index (χ3n) is 6.10. The molecule has 1 amide bonds. The fourth-order valence-electron chi connectivity index (χ4n) is 4.44. The second-order valence-corrected chi connectivity index (χ2v) is 8.17. The first-order valence-corrected chi connectivity index (χ1v) is 10.3. The summed E-state index contributed by atoms with van der Waals surface area (Å²) in [5, 5.41) is 2.99. The molecule has 0 aromatic heterocycles. The molecule has 3 rings (SSSR count). The van der Waals surface area contributed by atoms with Crippen molar-refractivity contribution in [3.8, 4) is 0 Å². The Morgan fingerprint density at radius 3 is 2.34 bits per heavy atom. The van der Waals surface area contributed by atoms with E-state index in [1.807, 2.05) is 0 Å². The molecule has 0 atom stereocenters. The molecule has 1 aliphatic heterocycles. The van der Waals surface area contributed by atoms with Gasteiger partial charge in [0, 0.05) is 39.1 Å². The van der Waals surface area contributed by atoms with Crippen LogP contribution in [0.15, 0.2) is 18.2 Å². The molecular weight excluding hydrogens is 386 g/mol. The van der Waals surface area contributed by atoms with Gasteiger partial charge in [-0.25, -0.2) is 4.39 Å². The van der Waals surface area contributed by atoms with E-state index in [9.17, 15) is 22.4 Å². The highest BCUT2D eigenvalue weighted by Gasteiger charge is 2.36. The first-order valence-electron chi connectivity index (χ1n) is 10.3. The van der Waals surface area contributed by atoms with Crippen molar-refractivity contribution in [2.24, 2.45) is 5.92 Å². The predicted molar refractivity (Wildman–Crippen MR) is 104 cm³/mol. The third kappa shape index (κ3) is 5.84. The van der Waals surface area contributed by atoms with Crippen molar-refractivity contribution in [1.29, 1.82) is 0 Å².